The maximum absolute atomic E-state index is 13.2. The monoisotopic (exact) mass is 360 g/mol. The molecule has 2 heterocycles. The molecule has 6 nitrogen and oxygen atoms in total. The highest BCUT2D eigenvalue weighted by atomic mass is 32.2. The zero-order chi connectivity index (χ0) is 17.6. The van der Waals surface area contributed by atoms with Crippen molar-refractivity contribution in [1.29, 1.82) is 0 Å². The molecule has 1 aromatic heterocycles. The molecule has 0 amide bonds. The highest BCUT2D eigenvalue weighted by Crippen LogP contribution is 2.38. The van der Waals surface area contributed by atoms with Gasteiger partial charge in [0.25, 0.3) is 10.0 Å². The first-order chi connectivity index (χ1) is 11.9. The quantitative estimate of drug-likeness (QED) is 0.773. The van der Waals surface area contributed by atoms with E-state index in [1.165, 1.54) is 30.3 Å². The number of halogens is 1. The van der Waals surface area contributed by atoms with E-state index in [0.29, 0.717) is 34.9 Å². The zero-order valence-corrected chi connectivity index (χ0v) is 13.9. The minimum atomic E-state index is -3.86. The van der Waals surface area contributed by atoms with Crippen molar-refractivity contribution >= 4 is 15.7 Å². The van der Waals surface area contributed by atoms with Gasteiger partial charge >= 0.3 is 0 Å². The second kappa shape index (κ2) is 5.59. The number of anilines is 1. The van der Waals surface area contributed by atoms with Crippen LogP contribution in [0.4, 0.5) is 10.1 Å². The van der Waals surface area contributed by atoms with Gasteiger partial charge < -0.3 is 9.26 Å². The van der Waals surface area contributed by atoms with Crippen LogP contribution in [0.5, 0.6) is 5.75 Å². The molecule has 0 unspecified atom stereocenters. The van der Waals surface area contributed by atoms with E-state index in [4.69, 9.17) is 9.26 Å². The van der Waals surface area contributed by atoms with Crippen LogP contribution in [0.3, 0.4) is 0 Å². The van der Waals surface area contributed by atoms with Crippen molar-refractivity contribution < 1.29 is 22.1 Å². The summed E-state index contributed by atoms with van der Waals surface area (Å²) in [6.45, 7) is 1.95. The minimum absolute atomic E-state index is 0.0443. The second-order valence-corrected chi connectivity index (χ2v) is 7.37. The van der Waals surface area contributed by atoms with Crippen molar-refractivity contribution in [2.75, 3.05) is 4.72 Å². The van der Waals surface area contributed by atoms with E-state index in [-0.39, 0.29) is 4.90 Å². The van der Waals surface area contributed by atoms with Gasteiger partial charge in [-0.1, -0.05) is 5.16 Å². The first kappa shape index (κ1) is 15.6. The molecular formula is C17H13FN2O4S. The summed E-state index contributed by atoms with van der Waals surface area (Å²) in [5.41, 5.74) is 2.08. The highest BCUT2D eigenvalue weighted by Gasteiger charge is 2.25. The molecule has 25 heavy (non-hydrogen) atoms. The van der Waals surface area contributed by atoms with Gasteiger partial charge in [0.1, 0.15) is 18.2 Å². The topological polar surface area (TPSA) is 81.4 Å². The van der Waals surface area contributed by atoms with Gasteiger partial charge in [0.05, 0.1) is 27.9 Å². The Balaban J connectivity index is 1.73. The molecule has 1 aliphatic rings. The van der Waals surface area contributed by atoms with Crippen LogP contribution in [0.25, 0.3) is 11.3 Å². The molecule has 0 saturated carbocycles. The summed E-state index contributed by atoms with van der Waals surface area (Å²) in [4.78, 5) is 0.0443. The predicted octanol–water partition coefficient (Wildman–Crippen LogP) is 3.48. The predicted molar refractivity (Wildman–Crippen MR) is 88.2 cm³/mol. The molecule has 8 heteroatoms. The van der Waals surface area contributed by atoms with Gasteiger partial charge in [-0.15, -0.1) is 0 Å². The van der Waals surface area contributed by atoms with Gasteiger partial charge in [0.15, 0.2) is 5.76 Å². The third kappa shape index (κ3) is 2.74. The SMILES string of the molecule is Cc1cc(F)ccc1NS(=O)(=O)c1ccc2c(c1)-c1oncc1CO2. The number of benzene rings is 2. The van der Waals surface area contributed by atoms with Gasteiger partial charge in [-0.05, 0) is 48.9 Å². The summed E-state index contributed by atoms with van der Waals surface area (Å²) in [5, 5.41) is 3.73. The van der Waals surface area contributed by atoms with Crippen LogP contribution >= 0.6 is 0 Å². The van der Waals surface area contributed by atoms with Crippen LogP contribution in [0.2, 0.25) is 0 Å². The van der Waals surface area contributed by atoms with Gasteiger partial charge in [-0.3, -0.25) is 4.72 Å². The molecule has 0 fully saturated rings. The van der Waals surface area contributed by atoms with E-state index in [9.17, 15) is 12.8 Å². The summed E-state index contributed by atoms with van der Waals surface area (Å²) >= 11 is 0. The average Bonchev–Trinajstić information content (AvgIpc) is 3.06. The summed E-state index contributed by atoms with van der Waals surface area (Å²) in [7, 11) is -3.86. The van der Waals surface area contributed by atoms with E-state index in [1.54, 1.807) is 19.2 Å². The van der Waals surface area contributed by atoms with Gasteiger partial charge in [0, 0.05) is 0 Å². The molecule has 4 rings (SSSR count). The molecule has 1 N–H and O–H groups in total. The van der Waals surface area contributed by atoms with E-state index in [1.807, 2.05) is 0 Å². The lowest BCUT2D eigenvalue weighted by atomic mass is 10.1. The summed E-state index contributed by atoms with van der Waals surface area (Å²) in [6.07, 6.45) is 1.54. The Morgan fingerprint density at radius 3 is 2.84 bits per heavy atom. The standard InChI is InChI=1S/C17H13FN2O4S/c1-10-6-12(18)2-4-15(10)20-25(21,22)13-3-5-16-14(7-13)17-11(9-23-16)8-19-24-17/h2-8,20H,9H2,1H3. The van der Waals surface area contributed by atoms with Crippen molar-refractivity contribution in [3.63, 3.8) is 0 Å². The van der Waals surface area contributed by atoms with Crippen molar-refractivity contribution in [2.24, 2.45) is 0 Å². The normalized spacial score (nSPS) is 12.9. The molecule has 2 aromatic carbocycles. The summed E-state index contributed by atoms with van der Waals surface area (Å²) in [6, 6.07) is 8.35. The van der Waals surface area contributed by atoms with Crippen LogP contribution in [0, 0.1) is 12.7 Å². The van der Waals surface area contributed by atoms with Crippen LogP contribution in [0.1, 0.15) is 11.1 Å². The molecule has 0 aliphatic carbocycles. The number of nitrogens with one attached hydrogen (secondary N) is 1. The van der Waals surface area contributed by atoms with Crippen LogP contribution in [-0.2, 0) is 16.6 Å². The fraction of sp³-hybridized carbons (Fsp3) is 0.118. The maximum atomic E-state index is 13.2. The summed E-state index contributed by atoms with van der Waals surface area (Å²) < 4.78 is 51.8. The zero-order valence-electron chi connectivity index (χ0n) is 13.1. The van der Waals surface area contributed by atoms with Gasteiger partial charge in [0.2, 0.25) is 0 Å². The number of ether oxygens (including phenoxy) is 1. The van der Waals surface area contributed by atoms with Crippen LogP contribution in [-0.4, -0.2) is 13.6 Å². The number of sulfonamides is 1. The lowest BCUT2D eigenvalue weighted by Crippen LogP contribution is -2.14. The number of hydrogen-bond donors (Lipinski definition) is 1. The van der Waals surface area contributed by atoms with Crippen molar-refractivity contribution in [1.82, 2.24) is 5.16 Å². The number of aromatic nitrogens is 1. The Kier molecular flexibility index (Phi) is 3.50. The fourth-order valence-corrected chi connectivity index (χ4v) is 3.82. The molecule has 0 radical (unpaired) electrons. The lowest BCUT2D eigenvalue weighted by molar-refractivity contribution is 0.297. The Morgan fingerprint density at radius 1 is 1.20 bits per heavy atom. The second-order valence-electron chi connectivity index (χ2n) is 5.69. The maximum Gasteiger partial charge on any atom is 0.261 e. The van der Waals surface area contributed by atoms with E-state index < -0.39 is 15.8 Å². The van der Waals surface area contributed by atoms with Crippen molar-refractivity contribution in [2.45, 2.75) is 18.4 Å². The smallest absolute Gasteiger partial charge is 0.261 e. The highest BCUT2D eigenvalue weighted by molar-refractivity contribution is 7.92. The molecule has 0 atom stereocenters. The molecule has 128 valence electrons. The molecule has 0 spiro atoms. The Labute approximate surface area is 143 Å². The van der Waals surface area contributed by atoms with E-state index in [0.717, 1.165) is 5.56 Å². The van der Waals surface area contributed by atoms with Crippen molar-refractivity contribution in [3.8, 4) is 17.1 Å². The lowest BCUT2D eigenvalue weighted by Gasteiger charge is -2.17. The molecule has 0 bridgehead atoms. The van der Waals surface area contributed by atoms with Gasteiger partial charge in [-0.2, -0.15) is 0 Å². The first-order valence-corrected chi connectivity index (χ1v) is 8.92. The number of fused-ring (bicyclic) bond motifs is 3. The molecule has 1 aliphatic heterocycles. The van der Waals surface area contributed by atoms with Crippen molar-refractivity contribution in [3.05, 3.63) is 59.5 Å². The Morgan fingerprint density at radius 2 is 2.04 bits per heavy atom. The third-order valence-corrected chi connectivity index (χ3v) is 5.33. The van der Waals surface area contributed by atoms with Gasteiger partial charge in [-0.25, -0.2) is 12.8 Å². The van der Waals surface area contributed by atoms with Crippen LogP contribution < -0.4 is 9.46 Å². The van der Waals surface area contributed by atoms with E-state index >= 15 is 0 Å². The first-order valence-electron chi connectivity index (χ1n) is 7.44. The number of nitrogens with zero attached hydrogens (tertiary/aromatic N) is 1. The minimum Gasteiger partial charge on any atom is -0.488 e. The Hall–Kier alpha value is -2.87. The number of hydrogen-bond acceptors (Lipinski definition) is 5. The number of aryl methyl sites for hydroxylation is 1. The average molecular weight is 360 g/mol. The third-order valence-electron chi connectivity index (χ3n) is 3.97. The fourth-order valence-electron chi connectivity index (χ4n) is 2.67. The van der Waals surface area contributed by atoms with Crippen LogP contribution in [0.15, 0.2) is 52.0 Å². The largest absolute Gasteiger partial charge is 0.488 e. The molecule has 3 aromatic rings. The Bertz CT molecular complexity index is 1080. The molecular weight excluding hydrogens is 347 g/mol. The number of rotatable bonds is 3. The molecule has 0 saturated heterocycles. The van der Waals surface area contributed by atoms with E-state index in [2.05, 4.69) is 9.88 Å². The summed E-state index contributed by atoms with van der Waals surface area (Å²) in [5.74, 6) is 0.599.